The molecule has 0 aliphatic carbocycles. The molecule has 1 aliphatic rings. The molecule has 30 heavy (non-hydrogen) atoms. The second-order valence-corrected chi connectivity index (χ2v) is 7.14. The highest BCUT2D eigenvalue weighted by Crippen LogP contribution is 2.28. The number of nitrogens with one attached hydrogen (secondary N) is 2. The van der Waals surface area contributed by atoms with Gasteiger partial charge in [-0.2, -0.15) is 0 Å². The quantitative estimate of drug-likeness (QED) is 0.498. The predicted molar refractivity (Wildman–Crippen MR) is 114 cm³/mol. The lowest BCUT2D eigenvalue weighted by Gasteiger charge is -2.19. The largest absolute Gasteiger partial charge is 0.348 e. The van der Waals surface area contributed by atoms with Gasteiger partial charge in [-0.05, 0) is 53.6 Å². The third kappa shape index (κ3) is 4.14. The van der Waals surface area contributed by atoms with Gasteiger partial charge in [-0.15, -0.1) is 0 Å². The van der Waals surface area contributed by atoms with Crippen LogP contribution < -0.4 is 10.6 Å². The number of nitrogens with zero attached hydrogens (tertiary/aromatic N) is 1. The molecule has 0 atom stereocenters. The second-order valence-electron chi connectivity index (χ2n) is 6.70. The minimum Gasteiger partial charge on any atom is -0.348 e. The normalized spacial score (nSPS) is 14.2. The minimum atomic E-state index is -0.499. The van der Waals surface area contributed by atoms with Crippen molar-refractivity contribution < 1.29 is 14.4 Å². The molecule has 0 saturated heterocycles. The van der Waals surface area contributed by atoms with Crippen molar-refractivity contribution >= 4 is 41.0 Å². The van der Waals surface area contributed by atoms with Crippen molar-refractivity contribution in [1.82, 2.24) is 10.3 Å². The molecular formula is C23H16ClN3O3. The van der Waals surface area contributed by atoms with E-state index in [0.29, 0.717) is 28.4 Å². The standard InChI is InChI=1S/C23H16ClN3O3/c24-17-5-1-3-14(9-17)10-19-21(28)18-11-16(6-7-20(18)27-23(19)30)22(29)26-13-15-4-2-8-25-12-15/h1-12H,13H2,(H,26,29)(H,27,30). The lowest BCUT2D eigenvalue weighted by molar-refractivity contribution is -0.112. The van der Waals surface area contributed by atoms with E-state index in [-0.39, 0.29) is 17.0 Å². The van der Waals surface area contributed by atoms with Gasteiger partial charge in [-0.3, -0.25) is 19.4 Å². The van der Waals surface area contributed by atoms with Gasteiger partial charge in [-0.1, -0.05) is 29.8 Å². The zero-order valence-corrected chi connectivity index (χ0v) is 16.4. The molecule has 0 fully saturated rings. The lowest BCUT2D eigenvalue weighted by Crippen LogP contribution is -2.28. The fourth-order valence-corrected chi connectivity index (χ4v) is 3.30. The molecule has 1 aromatic heterocycles. The third-order valence-electron chi connectivity index (χ3n) is 4.60. The first kappa shape index (κ1) is 19.5. The van der Waals surface area contributed by atoms with E-state index < -0.39 is 11.7 Å². The average molecular weight is 418 g/mol. The molecule has 0 spiro atoms. The van der Waals surface area contributed by atoms with Crippen LogP contribution in [0.3, 0.4) is 0 Å². The van der Waals surface area contributed by atoms with E-state index in [1.54, 1.807) is 54.9 Å². The smallest absolute Gasteiger partial charge is 0.259 e. The van der Waals surface area contributed by atoms with Crippen LogP contribution in [0.5, 0.6) is 0 Å². The number of ketones is 1. The molecule has 3 aromatic rings. The van der Waals surface area contributed by atoms with Crippen LogP contribution in [0.2, 0.25) is 5.02 Å². The van der Waals surface area contributed by atoms with E-state index in [0.717, 1.165) is 5.56 Å². The summed E-state index contributed by atoms with van der Waals surface area (Å²) in [5, 5.41) is 6.00. The fourth-order valence-electron chi connectivity index (χ4n) is 3.10. The Morgan fingerprint density at radius 2 is 1.97 bits per heavy atom. The lowest BCUT2D eigenvalue weighted by atomic mass is 9.93. The Hall–Kier alpha value is -3.77. The second kappa shape index (κ2) is 8.31. The van der Waals surface area contributed by atoms with Crippen LogP contribution in [-0.2, 0) is 11.3 Å². The Bertz CT molecular complexity index is 1190. The summed E-state index contributed by atoms with van der Waals surface area (Å²) in [5.74, 6) is -1.27. The van der Waals surface area contributed by atoms with Crippen LogP contribution in [0, 0.1) is 0 Å². The topological polar surface area (TPSA) is 88.2 Å². The van der Waals surface area contributed by atoms with Crippen LogP contribution in [0.1, 0.15) is 31.8 Å². The minimum absolute atomic E-state index is 0.0160. The summed E-state index contributed by atoms with van der Waals surface area (Å²) in [7, 11) is 0. The summed E-state index contributed by atoms with van der Waals surface area (Å²) < 4.78 is 0. The Morgan fingerprint density at radius 3 is 2.73 bits per heavy atom. The van der Waals surface area contributed by atoms with Gasteiger partial charge >= 0.3 is 0 Å². The number of Topliss-reactive ketones (excluding diaryl/α,β-unsaturated/α-hetero) is 1. The number of carbonyl (C=O) groups excluding carboxylic acids is 3. The molecule has 0 saturated carbocycles. The van der Waals surface area contributed by atoms with Gasteiger partial charge in [0.05, 0.1) is 11.3 Å². The number of pyridine rings is 1. The first-order valence-corrected chi connectivity index (χ1v) is 9.53. The Morgan fingerprint density at radius 1 is 1.10 bits per heavy atom. The number of benzene rings is 2. The van der Waals surface area contributed by atoms with E-state index in [2.05, 4.69) is 15.6 Å². The average Bonchev–Trinajstić information content (AvgIpc) is 2.75. The van der Waals surface area contributed by atoms with Gasteiger partial charge in [0.15, 0.2) is 0 Å². The van der Waals surface area contributed by atoms with Crippen LogP contribution >= 0.6 is 11.6 Å². The van der Waals surface area contributed by atoms with Crippen molar-refractivity contribution in [3.8, 4) is 0 Å². The van der Waals surface area contributed by atoms with Crippen LogP contribution in [-0.4, -0.2) is 22.6 Å². The number of carbonyl (C=O) groups is 3. The maximum absolute atomic E-state index is 13.0. The molecule has 0 bridgehead atoms. The van der Waals surface area contributed by atoms with Crippen molar-refractivity contribution in [1.29, 1.82) is 0 Å². The molecule has 0 unspecified atom stereocenters. The summed E-state index contributed by atoms with van der Waals surface area (Å²) >= 11 is 5.98. The van der Waals surface area contributed by atoms with Crippen molar-refractivity contribution in [2.24, 2.45) is 0 Å². The molecule has 1 aliphatic heterocycles. The number of aromatic nitrogens is 1. The molecule has 2 N–H and O–H groups in total. The van der Waals surface area contributed by atoms with E-state index in [1.807, 2.05) is 6.07 Å². The summed E-state index contributed by atoms with van der Waals surface area (Å²) in [6, 6.07) is 15.1. The predicted octanol–water partition coefficient (Wildman–Crippen LogP) is 3.88. The summed E-state index contributed by atoms with van der Waals surface area (Å²) in [6.45, 7) is 0.314. The van der Waals surface area contributed by atoms with E-state index in [1.165, 1.54) is 12.1 Å². The molecule has 0 radical (unpaired) electrons. The van der Waals surface area contributed by atoms with E-state index in [4.69, 9.17) is 11.6 Å². The first-order valence-electron chi connectivity index (χ1n) is 9.16. The molecule has 6 nitrogen and oxygen atoms in total. The third-order valence-corrected chi connectivity index (χ3v) is 4.83. The van der Waals surface area contributed by atoms with Gasteiger partial charge in [0.2, 0.25) is 5.78 Å². The number of rotatable bonds is 4. The number of hydrogen-bond acceptors (Lipinski definition) is 4. The van der Waals surface area contributed by atoms with E-state index >= 15 is 0 Å². The van der Waals surface area contributed by atoms with Crippen LogP contribution in [0.4, 0.5) is 5.69 Å². The molecule has 7 heteroatoms. The Labute approximate surface area is 177 Å². The molecule has 4 rings (SSSR count). The van der Waals surface area contributed by atoms with Gasteiger partial charge < -0.3 is 10.6 Å². The molecule has 2 aromatic carbocycles. The van der Waals surface area contributed by atoms with Gasteiger partial charge in [0.25, 0.3) is 11.8 Å². The molecule has 2 amide bonds. The molecule has 148 valence electrons. The Kier molecular flexibility index (Phi) is 5.41. The molecule has 2 heterocycles. The van der Waals surface area contributed by atoms with E-state index in [9.17, 15) is 14.4 Å². The summed E-state index contributed by atoms with van der Waals surface area (Å²) in [5.41, 5.74) is 2.43. The highest BCUT2D eigenvalue weighted by Gasteiger charge is 2.29. The van der Waals surface area contributed by atoms with Crippen LogP contribution in [0.15, 0.2) is 72.6 Å². The molecular weight excluding hydrogens is 402 g/mol. The SMILES string of the molecule is O=C1Nc2ccc(C(=O)NCc3cccnc3)cc2C(=O)C1=Cc1cccc(Cl)c1. The maximum Gasteiger partial charge on any atom is 0.259 e. The van der Waals surface area contributed by atoms with Crippen LogP contribution in [0.25, 0.3) is 6.08 Å². The zero-order chi connectivity index (χ0) is 21.1. The highest BCUT2D eigenvalue weighted by molar-refractivity contribution is 6.36. The van der Waals surface area contributed by atoms with Crippen molar-refractivity contribution in [3.63, 3.8) is 0 Å². The van der Waals surface area contributed by atoms with Gasteiger partial charge in [-0.25, -0.2) is 0 Å². The number of amides is 2. The number of hydrogen-bond donors (Lipinski definition) is 2. The fraction of sp³-hybridized carbons (Fsp3) is 0.0435. The van der Waals surface area contributed by atoms with Crippen molar-refractivity contribution in [2.75, 3.05) is 5.32 Å². The maximum atomic E-state index is 13.0. The summed E-state index contributed by atoms with van der Waals surface area (Å²) in [4.78, 5) is 41.9. The van der Waals surface area contributed by atoms with Crippen molar-refractivity contribution in [2.45, 2.75) is 6.54 Å². The highest BCUT2D eigenvalue weighted by atomic mass is 35.5. The number of anilines is 1. The number of halogens is 1. The summed E-state index contributed by atoms with van der Waals surface area (Å²) in [6.07, 6.45) is 4.81. The Balaban J connectivity index is 1.59. The number of fused-ring (bicyclic) bond motifs is 1. The van der Waals surface area contributed by atoms with Gasteiger partial charge in [0.1, 0.15) is 0 Å². The monoisotopic (exact) mass is 417 g/mol. The first-order chi connectivity index (χ1) is 14.5. The van der Waals surface area contributed by atoms with Crippen molar-refractivity contribution in [3.05, 3.63) is 99.8 Å². The van der Waals surface area contributed by atoms with Gasteiger partial charge in [0, 0.05) is 35.1 Å². The zero-order valence-electron chi connectivity index (χ0n) is 15.7.